The van der Waals surface area contributed by atoms with Gasteiger partial charge < -0.3 is 18.8 Å². The minimum Gasteiger partial charge on any atom is -0.484 e. The summed E-state index contributed by atoms with van der Waals surface area (Å²) in [6.07, 6.45) is 7.98. The van der Waals surface area contributed by atoms with Crippen molar-refractivity contribution in [1.82, 2.24) is 10.1 Å². The Hall–Kier alpha value is -2.70. The molecule has 4 heterocycles. The van der Waals surface area contributed by atoms with Gasteiger partial charge in [0.25, 0.3) is 5.89 Å². The SMILES string of the molecule is Cc1ccc(O[C@H]2C[N+]3(Cc4nc([C@](O)(c5ccccc5)C5CCCCC5)no4)CCC2CC3)cc1C. The molecule has 6 heteroatoms. The average molecular weight is 503 g/mol. The fourth-order valence-corrected chi connectivity index (χ4v) is 7.06. The molecule has 7 rings (SSSR count). The molecule has 2 atom stereocenters. The number of piperidine rings is 3. The Morgan fingerprint density at radius 1 is 0.973 bits per heavy atom. The van der Waals surface area contributed by atoms with E-state index < -0.39 is 5.60 Å². The van der Waals surface area contributed by atoms with E-state index in [1.807, 2.05) is 30.3 Å². The molecule has 4 aliphatic rings. The number of hydrogen-bond donors (Lipinski definition) is 1. The van der Waals surface area contributed by atoms with E-state index in [9.17, 15) is 5.11 Å². The number of fused-ring (bicyclic) bond motifs is 3. The van der Waals surface area contributed by atoms with E-state index in [0.29, 0.717) is 24.2 Å². The van der Waals surface area contributed by atoms with Crippen molar-refractivity contribution in [1.29, 1.82) is 0 Å². The molecule has 1 aromatic heterocycles. The highest BCUT2D eigenvalue weighted by molar-refractivity contribution is 5.34. The smallest absolute Gasteiger partial charge is 0.282 e. The highest BCUT2D eigenvalue weighted by Crippen LogP contribution is 2.43. The molecule has 6 nitrogen and oxygen atoms in total. The molecule has 2 bridgehead atoms. The fourth-order valence-electron chi connectivity index (χ4n) is 7.06. The molecule has 0 amide bonds. The van der Waals surface area contributed by atoms with Gasteiger partial charge in [0.15, 0.2) is 18.2 Å². The van der Waals surface area contributed by atoms with Gasteiger partial charge in [0.2, 0.25) is 5.82 Å². The number of quaternary nitrogens is 1. The lowest BCUT2D eigenvalue weighted by molar-refractivity contribution is -0.959. The Balaban J connectivity index is 1.23. The number of aliphatic hydroxyl groups is 1. The van der Waals surface area contributed by atoms with Crippen molar-refractivity contribution in [2.45, 2.75) is 77.0 Å². The first-order chi connectivity index (χ1) is 18.0. The molecule has 0 radical (unpaired) electrons. The molecule has 3 saturated heterocycles. The van der Waals surface area contributed by atoms with E-state index in [-0.39, 0.29) is 12.0 Å². The van der Waals surface area contributed by atoms with Crippen molar-refractivity contribution in [2.75, 3.05) is 19.6 Å². The van der Waals surface area contributed by atoms with Gasteiger partial charge in [-0.15, -0.1) is 0 Å². The van der Waals surface area contributed by atoms with Gasteiger partial charge in [-0.05, 0) is 61.4 Å². The third kappa shape index (κ3) is 4.70. The first-order valence-corrected chi connectivity index (χ1v) is 14.2. The summed E-state index contributed by atoms with van der Waals surface area (Å²) in [5.41, 5.74) is 2.21. The van der Waals surface area contributed by atoms with Crippen molar-refractivity contribution >= 4 is 0 Å². The standard InChI is InChI=1S/C31H40N3O3/c1-22-13-14-27(19-23(22)2)36-28-20-34(17-15-24(28)16-18-34)21-29-32-30(33-37-29)31(35,25-9-5-3-6-10-25)26-11-7-4-8-12-26/h3,5-6,9-10,13-14,19,24,26,28,35H,4,7-8,11-12,15-18,20-21H2,1-2H3/q+1/t24?,28-,31-,34?/m0/s1. The highest BCUT2D eigenvalue weighted by atomic mass is 16.5. The second-order valence-corrected chi connectivity index (χ2v) is 11.8. The third-order valence-corrected chi connectivity index (χ3v) is 9.50. The Morgan fingerprint density at radius 3 is 2.46 bits per heavy atom. The summed E-state index contributed by atoms with van der Waals surface area (Å²) in [6.45, 7) is 8.16. The lowest BCUT2D eigenvalue weighted by atomic mass is 9.73. The van der Waals surface area contributed by atoms with Gasteiger partial charge in [0.05, 0.1) is 13.1 Å². The topological polar surface area (TPSA) is 68.4 Å². The quantitative estimate of drug-likeness (QED) is 0.420. The summed E-state index contributed by atoms with van der Waals surface area (Å²) in [4.78, 5) is 4.88. The van der Waals surface area contributed by atoms with Crippen LogP contribution in [0.2, 0.25) is 0 Å². The molecule has 196 valence electrons. The van der Waals surface area contributed by atoms with Crippen molar-refractivity contribution in [2.24, 2.45) is 11.8 Å². The van der Waals surface area contributed by atoms with Gasteiger partial charge >= 0.3 is 0 Å². The van der Waals surface area contributed by atoms with E-state index in [1.54, 1.807) is 0 Å². The molecule has 37 heavy (non-hydrogen) atoms. The van der Waals surface area contributed by atoms with Crippen LogP contribution in [0, 0.1) is 25.7 Å². The van der Waals surface area contributed by atoms with Crippen LogP contribution in [0.3, 0.4) is 0 Å². The number of aromatic nitrogens is 2. The van der Waals surface area contributed by atoms with E-state index in [4.69, 9.17) is 14.2 Å². The van der Waals surface area contributed by atoms with Gasteiger partial charge in [-0.25, -0.2) is 0 Å². The van der Waals surface area contributed by atoms with E-state index in [1.165, 1.54) is 17.5 Å². The average Bonchev–Trinajstić information content (AvgIpc) is 3.40. The monoisotopic (exact) mass is 502 g/mol. The Kier molecular flexibility index (Phi) is 6.58. The molecule has 4 fully saturated rings. The van der Waals surface area contributed by atoms with Crippen molar-refractivity contribution < 1.29 is 18.8 Å². The maximum absolute atomic E-state index is 12.2. The van der Waals surface area contributed by atoms with Crippen molar-refractivity contribution in [3.8, 4) is 5.75 Å². The van der Waals surface area contributed by atoms with Gasteiger partial charge in [0, 0.05) is 18.8 Å². The summed E-state index contributed by atoms with van der Waals surface area (Å²) in [5.74, 6) is 2.73. The van der Waals surface area contributed by atoms with Gasteiger partial charge in [-0.3, -0.25) is 0 Å². The Labute approximate surface area is 220 Å². The fraction of sp³-hybridized carbons (Fsp3) is 0.548. The normalized spacial score (nSPS) is 27.6. The molecule has 3 aliphatic heterocycles. The summed E-state index contributed by atoms with van der Waals surface area (Å²) < 4.78 is 13.4. The molecule has 1 aliphatic carbocycles. The van der Waals surface area contributed by atoms with Crippen LogP contribution in [0.4, 0.5) is 0 Å². The molecule has 1 saturated carbocycles. The zero-order chi connectivity index (χ0) is 25.5. The molecular formula is C31H40N3O3+. The maximum Gasteiger partial charge on any atom is 0.282 e. The minimum absolute atomic E-state index is 0.0996. The number of nitrogens with zero attached hydrogens (tertiary/aromatic N) is 3. The Morgan fingerprint density at radius 2 is 1.73 bits per heavy atom. The predicted octanol–water partition coefficient (Wildman–Crippen LogP) is 5.69. The second-order valence-electron chi connectivity index (χ2n) is 11.8. The zero-order valence-electron chi connectivity index (χ0n) is 22.2. The number of benzene rings is 2. The van der Waals surface area contributed by atoms with Crippen LogP contribution in [-0.4, -0.2) is 45.5 Å². The zero-order valence-corrected chi connectivity index (χ0v) is 22.2. The lowest BCUT2D eigenvalue weighted by Gasteiger charge is -2.51. The molecule has 2 aromatic carbocycles. The number of hydrogen-bond acceptors (Lipinski definition) is 5. The largest absolute Gasteiger partial charge is 0.484 e. The molecule has 1 N–H and O–H groups in total. The van der Waals surface area contributed by atoms with Gasteiger partial charge in [-0.2, -0.15) is 4.98 Å². The lowest BCUT2D eigenvalue weighted by Crippen LogP contribution is -2.64. The van der Waals surface area contributed by atoms with Crippen LogP contribution in [0.5, 0.6) is 5.75 Å². The van der Waals surface area contributed by atoms with Crippen molar-refractivity contribution in [3.63, 3.8) is 0 Å². The maximum atomic E-state index is 12.2. The van der Waals surface area contributed by atoms with Crippen LogP contribution in [0.15, 0.2) is 53.1 Å². The molecular weight excluding hydrogens is 462 g/mol. The van der Waals surface area contributed by atoms with Gasteiger partial charge in [-0.1, -0.05) is 60.8 Å². The summed E-state index contributed by atoms with van der Waals surface area (Å²) in [6, 6.07) is 16.4. The van der Waals surface area contributed by atoms with Crippen LogP contribution in [-0.2, 0) is 12.1 Å². The number of aryl methyl sites for hydroxylation is 2. The summed E-state index contributed by atoms with van der Waals surface area (Å²) >= 11 is 0. The first kappa shape index (κ1) is 24.6. The van der Waals surface area contributed by atoms with E-state index >= 15 is 0 Å². The van der Waals surface area contributed by atoms with E-state index in [0.717, 1.165) is 74.0 Å². The predicted molar refractivity (Wildman–Crippen MR) is 142 cm³/mol. The summed E-state index contributed by atoms with van der Waals surface area (Å²) in [5, 5.41) is 16.6. The number of rotatable bonds is 7. The number of ether oxygens (including phenoxy) is 1. The molecule has 0 spiro atoms. The van der Waals surface area contributed by atoms with Crippen LogP contribution in [0.25, 0.3) is 0 Å². The van der Waals surface area contributed by atoms with Crippen LogP contribution >= 0.6 is 0 Å². The highest BCUT2D eigenvalue weighted by Gasteiger charge is 2.49. The minimum atomic E-state index is -1.22. The summed E-state index contributed by atoms with van der Waals surface area (Å²) in [7, 11) is 0. The Bertz CT molecular complexity index is 1210. The first-order valence-electron chi connectivity index (χ1n) is 14.2. The molecule has 3 aromatic rings. The van der Waals surface area contributed by atoms with Crippen molar-refractivity contribution in [3.05, 3.63) is 76.9 Å². The second kappa shape index (κ2) is 9.88. The van der Waals surface area contributed by atoms with E-state index in [2.05, 4.69) is 37.2 Å². The van der Waals surface area contributed by atoms with Crippen LogP contribution < -0.4 is 4.74 Å². The van der Waals surface area contributed by atoms with Crippen LogP contribution in [0.1, 0.15) is 73.4 Å². The van der Waals surface area contributed by atoms with Gasteiger partial charge in [0.1, 0.15) is 12.3 Å². The molecule has 0 unspecified atom stereocenters. The third-order valence-electron chi connectivity index (χ3n) is 9.50.